The molecule has 2 rings (SSSR count). The molecule has 1 aromatic rings. The Morgan fingerprint density at radius 2 is 2.05 bits per heavy atom. The Hall–Kier alpha value is -2.13. The number of nitrogens with one attached hydrogen (secondary N) is 2. The van der Waals surface area contributed by atoms with Gasteiger partial charge in [-0.3, -0.25) is 14.9 Å². The molecular weight excluding hydrogens is 296 g/mol. The van der Waals surface area contributed by atoms with Crippen LogP contribution in [0.5, 0.6) is 0 Å². The minimum absolute atomic E-state index is 0.00444. The minimum atomic E-state index is -3.65. The zero-order valence-electron chi connectivity index (χ0n) is 11.6. The van der Waals surface area contributed by atoms with E-state index in [2.05, 4.69) is 10.0 Å². The molecule has 0 aromatic heterocycles. The molecule has 1 aliphatic heterocycles. The van der Waals surface area contributed by atoms with E-state index < -0.39 is 27.9 Å². The third-order valence-electron chi connectivity index (χ3n) is 3.31. The highest BCUT2D eigenvalue weighted by atomic mass is 32.2. The van der Waals surface area contributed by atoms with Gasteiger partial charge in [0.1, 0.15) is 10.9 Å². The van der Waals surface area contributed by atoms with Crippen molar-refractivity contribution in [1.29, 1.82) is 0 Å². The Bertz CT molecular complexity index is 701. The molecule has 1 aromatic carbocycles. The highest BCUT2D eigenvalue weighted by Gasteiger charge is 2.30. The van der Waals surface area contributed by atoms with Gasteiger partial charge in [0.25, 0.3) is 0 Å². The van der Waals surface area contributed by atoms with Gasteiger partial charge in [-0.15, -0.1) is 0 Å². The van der Waals surface area contributed by atoms with Gasteiger partial charge in [-0.05, 0) is 32.2 Å². The molecule has 1 atom stereocenters. The number of anilines is 2. The molecule has 1 heterocycles. The average molecular weight is 312 g/mol. The van der Waals surface area contributed by atoms with E-state index in [1.54, 1.807) is 11.8 Å². The van der Waals surface area contributed by atoms with E-state index in [0.29, 0.717) is 5.69 Å². The minimum Gasteiger partial charge on any atom is -0.398 e. The summed E-state index contributed by atoms with van der Waals surface area (Å²) in [5.74, 6) is -0.819. The van der Waals surface area contributed by atoms with Crippen molar-refractivity contribution in [3.8, 4) is 0 Å². The standard InChI is InChI=1S/C12H16N4O4S/c1-7-12(18)15-11(17)6-16(7)8-3-4-10(9(13)5-8)21(19,20)14-2/h3-5,7,14H,6,13H2,1-2H3,(H,15,17,18). The van der Waals surface area contributed by atoms with E-state index >= 15 is 0 Å². The van der Waals surface area contributed by atoms with Gasteiger partial charge in [-0.1, -0.05) is 0 Å². The number of piperazine rings is 1. The molecule has 21 heavy (non-hydrogen) atoms. The van der Waals surface area contributed by atoms with E-state index in [1.165, 1.54) is 25.2 Å². The highest BCUT2D eigenvalue weighted by molar-refractivity contribution is 7.89. The summed E-state index contributed by atoms with van der Waals surface area (Å²) in [4.78, 5) is 24.6. The molecule has 1 unspecified atom stereocenters. The molecule has 0 radical (unpaired) electrons. The summed E-state index contributed by atoms with van der Waals surface area (Å²) in [6.45, 7) is 1.65. The summed E-state index contributed by atoms with van der Waals surface area (Å²) in [6.07, 6.45) is 0. The van der Waals surface area contributed by atoms with Gasteiger partial charge in [0.2, 0.25) is 21.8 Å². The maximum Gasteiger partial charge on any atom is 0.249 e. The van der Waals surface area contributed by atoms with Crippen molar-refractivity contribution in [2.75, 3.05) is 24.2 Å². The Morgan fingerprint density at radius 1 is 1.38 bits per heavy atom. The molecule has 1 aliphatic rings. The predicted octanol–water partition coefficient (Wildman–Crippen LogP) is -0.972. The van der Waals surface area contributed by atoms with Gasteiger partial charge in [-0.2, -0.15) is 0 Å². The molecule has 8 nitrogen and oxygen atoms in total. The van der Waals surface area contributed by atoms with Crippen molar-refractivity contribution < 1.29 is 18.0 Å². The maximum atomic E-state index is 11.8. The molecule has 4 N–H and O–H groups in total. The molecule has 0 spiro atoms. The van der Waals surface area contributed by atoms with Crippen LogP contribution in [0.4, 0.5) is 11.4 Å². The molecule has 0 bridgehead atoms. The fourth-order valence-electron chi connectivity index (χ4n) is 2.10. The SMILES string of the molecule is CNS(=O)(=O)c1ccc(N2CC(=O)NC(=O)C2C)cc1N. The maximum absolute atomic E-state index is 11.8. The molecular formula is C12H16N4O4S. The Balaban J connectivity index is 2.40. The molecule has 9 heteroatoms. The van der Waals surface area contributed by atoms with Gasteiger partial charge >= 0.3 is 0 Å². The van der Waals surface area contributed by atoms with E-state index in [4.69, 9.17) is 5.73 Å². The molecule has 0 aliphatic carbocycles. The quantitative estimate of drug-likeness (QED) is 0.487. The van der Waals surface area contributed by atoms with Gasteiger partial charge < -0.3 is 10.6 Å². The van der Waals surface area contributed by atoms with Crippen LogP contribution in [0.15, 0.2) is 23.1 Å². The number of imide groups is 1. The fourth-order valence-corrected chi connectivity index (χ4v) is 2.93. The molecule has 114 valence electrons. The largest absolute Gasteiger partial charge is 0.398 e. The lowest BCUT2D eigenvalue weighted by Gasteiger charge is -2.33. The first-order valence-electron chi connectivity index (χ1n) is 6.19. The topological polar surface area (TPSA) is 122 Å². The van der Waals surface area contributed by atoms with Crippen LogP contribution in [-0.2, 0) is 19.6 Å². The number of carbonyl (C=O) groups excluding carboxylic acids is 2. The summed E-state index contributed by atoms with van der Waals surface area (Å²) in [5.41, 5.74) is 6.33. The number of amides is 2. The van der Waals surface area contributed by atoms with Crippen molar-refractivity contribution in [1.82, 2.24) is 10.0 Å². The molecule has 1 saturated heterocycles. The zero-order valence-corrected chi connectivity index (χ0v) is 12.4. The highest BCUT2D eigenvalue weighted by Crippen LogP contribution is 2.26. The smallest absolute Gasteiger partial charge is 0.249 e. The van der Waals surface area contributed by atoms with Crippen molar-refractivity contribution in [2.45, 2.75) is 17.9 Å². The van der Waals surface area contributed by atoms with Crippen LogP contribution in [0.2, 0.25) is 0 Å². The van der Waals surface area contributed by atoms with Gasteiger partial charge in [0.15, 0.2) is 0 Å². The number of nitrogens with zero attached hydrogens (tertiary/aromatic N) is 1. The first-order valence-corrected chi connectivity index (χ1v) is 7.68. The second-order valence-corrected chi connectivity index (χ2v) is 6.50. The van der Waals surface area contributed by atoms with Crippen molar-refractivity contribution >= 4 is 33.2 Å². The van der Waals surface area contributed by atoms with Crippen LogP contribution in [0.1, 0.15) is 6.92 Å². The third kappa shape index (κ3) is 2.83. The number of hydrogen-bond acceptors (Lipinski definition) is 6. The van der Waals surface area contributed by atoms with Crippen LogP contribution >= 0.6 is 0 Å². The van der Waals surface area contributed by atoms with E-state index in [9.17, 15) is 18.0 Å². The lowest BCUT2D eigenvalue weighted by molar-refractivity contribution is -0.132. The zero-order chi connectivity index (χ0) is 15.8. The van der Waals surface area contributed by atoms with E-state index in [0.717, 1.165) is 0 Å². The summed E-state index contributed by atoms with van der Waals surface area (Å²) < 4.78 is 25.7. The van der Waals surface area contributed by atoms with Crippen LogP contribution < -0.4 is 20.7 Å². The second kappa shape index (κ2) is 5.34. The van der Waals surface area contributed by atoms with Crippen molar-refractivity contribution in [3.63, 3.8) is 0 Å². The van der Waals surface area contributed by atoms with Gasteiger partial charge in [0, 0.05) is 5.69 Å². The Kier molecular flexibility index (Phi) is 3.88. The first kappa shape index (κ1) is 15.3. The average Bonchev–Trinajstić information content (AvgIpc) is 2.42. The lowest BCUT2D eigenvalue weighted by atomic mass is 10.1. The molecule has 1 fully saturated rings. The van der Waals surface area contributed by atoms with Gasteiger partial charge in [-0.25, -0.2) is 13.1 Å². The van der Waals surface area contributed by atoms with E-state index in [1.807, 2.05) is 0 Å². The van der Waals surface area contributed by atoms with E-state index in [-0.39, 0.29) is 17.1 Å². The Labute approximate surface area is 122 Å². The summed E-state index contributed by atoms with van der Waals surface area (Å²) in [5, 5.41) is 2.23. The molecule has 0 saturated carbocycles. The van der Waals surface area contributed by atoms with Gasteiger partial charge in [0.05, 0.1) is 12.2 Å². The summed E-state index contributed by atoms with van der Waals surface area (Å²) in [7, 11) is -2.36. The van der Waals surface area contributed by atoms with Crippen LogP contribution in [-0.4, -0.2) is 39.9 Å². The van der Waals surface area contributed by atoms with Crippen molar-refractivity contribution in [3.05, 3.63) is 18.2 Å². The number of rotatable bonds is 3. The number of nitrogen functional groups attached to an aromatic ring is 1. The Morgan fingerprint density at radius 3 is 2.62 bits per heavy atom. The fraction of sp³-hybridized carbons (Fsp3) is 0.333. The second-order valence-electron chi connectivity index (χ2n) is 4.65. The normalized spacial score (nSPS) is 19.5. The number of hydrogen-bond donors (Lipinski definition) is 3. The summed E-state index contributed by atoms with van der Waals surface area (Å²) in [6, 6.07) is 3.75. The predicted molar refractivity (Wildman–Crippen MR) is 77.1 cm³/mol. The van der Waals surface area contributed by atoms with Crippen LogP contribution in [0.25, 0.3) is 0 Å². The lowest BCUT2D eigenvalue weighted by Crippen LogP contribution is -2.57. The van der Waals surface area contributed by atoms with Crippen LogP contribution in [0.3, 0.4) is 0 Å². The van der Waals surface area contributed by atoms with Crippen molar-refractivity contribution in [2.24, 2.45) is 0 Å². The number of carbonyl (C=O) groups is 2. The monoisotopic (exact) mass is 312 g/mol. The number of nitrogens with two attached hydrogens (primary N) is 1. The third-order valence-corrected chi connectivity index (χ3v) is 4.80. The number of benzene rings is 1. The first-order chi connectivity index (χ1) is 9.76. The summed E-state index contributed by atoms with van der Waals surface area (Å²) >= 11 is 0. The number of sulfonamides is 1. The van der Waals surface area contributed by atoms with Crippen LogP contribution in [0, 0.1) is 0 Å². The molecule has 2 amide bonds.